The van der Waals surface area contributed by atoms with Crippen LogP contribution in [-0.2, 0) is 14.3 Å². The third kappa shape index (κ3) is 4.51. The number of hydrogen-bond acceptors (Lipinski definition) is 4. The predicted molar refractivity (Wildman–Crippen MR) is 62.0 cm³/mol. The Hall–Kier alpha value is -2.10. The molecule has 0 saturated carbocycles. The molecule has 4 nitrogen and oxygen atoms in total. The summed E-state index contributed by atoms with van der Waals surface area (Å²) in [5, 5.41) is 0. The fourth-order valence-corrected chi connectivity index (χ4v) is 1.14. The second kappa shape index (κ2) is 6.48. The van der Waals surface area contributed by atoms with Gasteiger partial charge in [0.15, 0.2) is 0 Å². The standard InChI is InChI=1S/C13H14O4/c1-3-7-12(14)16-10(2)17-13(15)11-8-5-4-6-9-11/h4-6,8-9H,2-3,7H2,1H3. The van der Waals surface area contributed by atoms with Crippen LogP contribution in [0.3, 0.4) is 0 Å². The van der Waals surface area contributed by atoms with Crippen molar-refractivity contribution >= 4 is 11.9 Å². The van der Waals surface area contributed by atoms with Crippen LogP contribution in [0.25, 0.3) is 0 Å². The maximum absolute atomic E-state index is 11.5. The van der Waals surface area contributed by atoms with Crippen molar-refractivity contribution in [1.82, 2.24) is 0 Å². The number of esters is 2. The highest BCUT2D eigenvalue weighted by Gasteiger charge is 2.11. The van der Waals surface area contributed by atoms with Crippen LogP contribution in [0.2, 0.25) is 0 Å². The summed E-state index contributed by atoms with van der Waals surface area (Å²) in [5.41, 5.74) is 0.375. The average Bonchev–Trinajstić information content (AvgIpc) is 2.30. The van der Waals surface area contributed by atoms with E-state index in [2.05, 4.69) is 6.58 Å². The third-order valence-corrected chi connectivity index (χ3v) is 1.90. The Kier molecular flexibility index (Phi) is 4.94. The van der Waals surface area contributed by atoms with Gasteiger partial charge in [-0.05, 0) is 25.1 Å². The number of hydrogen-bond donors (Lipinski definition) is 0. The Morgan fingerprint density at radius 1 is 1.18 bits per heavy atom. The Morgan fingerprint density at radius 3 is 2.41 bits per heavy atom. The SMILES string of the molecule is C=C(OC(=O)CCC)OC(=O)c1ccccc1. The molecule has 0 aliphatic heterocycles. The van der Waals surface area contributed by atoms with Gasteiger partial charge in [0.1, 0.15) is 0 Å². The summed E-state index contributed by atoms with van der Waals surface area (Å²) in [6, 6.07) is 8.41. The first kappa shape index (κ1) is 13.0. The molecule has 1 rings (SSSR count). The number of benzene rings is 1. The molecule has 0 fully saturated rings. The molecule has 1 aromatic rings. The molecule has 0 spiro atoms. The third-order valence-electron chi connectivity index (χ3n) is 1.90. The molecule has 0 atom stereocenters. The van der Waals surface area contributed by atoms with Crippen molar-refractivity contribution in [3.8, 4) is 0 Å². The molecule has 0 aromatic heterocycles. The first-order valence-electron chi connectivity index (χ1n) is 5.30. The molecule has 0 unspecified atom stereocenters. The van der Waals surface area contributed by atoms with E-state index in [1.54, 1.807) is 30.3 Å². The molecule has 0 bridgehead atoms. The lowest BCUT2D eigenvalue weighted by Crippen LogP contribution is -2.10. The van der Waals surface area contributed by atoms with E-state index in [0.29, 0.717) is 12.0 Å². The summed E-state index contributed by atoms with van der Waals surface area (Å²) in [5.74, 6) is -1.35. The van der Waals surface area contributed by atoms with Gasteiger partial charge in [0.2, 0.25) is 0 Å². The van der Waals surface area contributed by atoms with Gasteiger partial charge >= 0.3 is 11.9 Å². The van der Waals surface area contributed by atoms with E-state index < -0.39 is 11.9 Å². The molecule has 0 aliphatic carbocycles. The lowest BCUT2D eigenvalue weighted by molar-refractivity contribution is -0.143. The number of rotatable bonds is 5. The van der Waals surface area contributed by atoms with Gasteiger partial charge in [-0.3, -0.25) is 4.79 Å². The molecule has 1 aromatic carbocycles. The van der Waals surface area contributed by atoms with E-state index >= 15 is 0 Å². The van der Waals surface area contributed by atoms with Crippen molar-refractivity contribution in [3.05, 3.63) is 48.4 Å². The average molecular weight is 234 g/mol. The Morgan fingerprint density at radius 2 is 1.82 bits per heavy atom. The molecule has 0 N–H and O–H groups in total. The first-order valence-corrected chi connectivity index (χ1v) is 5.30. The van der Waals surface area contributed by atoms with Crippen molar-refractivity contribution in [1.29, 1.82) is 0 Å². The summed E-state index contributed by atoms with van der Waals surface area (Å²) in [4.78, 5) is 22.6. The summed E-state index contributed by atoms with van der Waals surface area (Å²) in [6.07, 6.45) is 0.931. The minimum absolute atomic E-state index is 0.266. The van der Waals surface area contributed by atoms with E-state index in [-0.39, 0.29) is 12.4 Å². The number of ether oxygens (including phenoxy) is 2. The number of carbonyl (C=O) groups is 2. The molecule has 0 amide bonds. The van der Waals surface area contributed by atoms with Crippen molar-refractivity contribution in [2.75, 3.05) is 0 Å². The minimum Gasteiger partial charge on any atom is -0.393 e. The van der Waals surface area contributed by atoms with E-state index in [4.69, 9.17) is 9.47 Å². The van der Waals surface area contributed by atoms with Gasteiger partial charge < -0.3 is 9.47 Å². The van der Waals surface area contributed by atoms with Gasteiger partial charge in [-0.15, -0.1) is 0 Å². The quantitative estimate of drug-likeness (QED) is 0.580. The summed E-state index contributed by atoms with van der Waals surface area (Å²) in [7, 11) is 0. The first-order chi connectivity index (χ1) is 8.13. The molecule has 0 saturated heterocycles. The van der Waals surface area contributed by atoms with Gasteiger partial charge in [-0.2, -0.15) is 0 Å². The van der Waals surface area contributed by atoms with Crippen LogP contribution in [-0.4, -0.2) is 11.9 Å². The minimum atomic E-state index is -0.597. The molecular weight excluding hydrogens is 220 g/mol. The Bertz CT molecular complexity index is 409. The summed E-state index contributed by atoms with van der Waals surface area (Å²) in [6.45, 7) is 5.20. The Labute approximate surface area is 99.8 Å². The highest BCUT2D eigenvalue weighted by atomic mass is 16.7. The highest BCUT2D eigenvalue weighted by Crippen LogP contribution is 2.07. The van der Waals surface area contributed by atoms with Crippen LogP contribution in [0.1, 0.15) is 30.1 Å². The van der Waals surface area contributed by atoms with Crippen LogP contribution in [0.4, 0.5) is 0 Å². The van der Waals surface area contributed by atoms with Gasteiger partial charge in [0, 0.05) is 6.42 Å². The van der Waals surface area contributed by atoms with E-state index in [9.17, 15) is 9.59 Å². The van der Waals surface area contributed by atoms with Crippen LogP contribution in [0.5, 0.6) is 0 Å². The van der Waals surface area contributed by atoms with Gasteiger partial charge in [-0.1, -0.05) is 25.1 Å². The van der Waals surface area contributed by atoms with Crippen molar-refractivity contribution in [2.24, 2.45) is 0 Å². The van der Waals surface area contributed by atoms with Crippen LogP contribution in [0.15, 0.2) is 42.9 Å². The molecule has 90 valence electrons. The Balaban J connectivity index is 2.47. The highest BCUT2D eigenvalue weighted by molar-refractivity contribution is 5.90. The van der Waals surface area contributed by atoms with Crippen LogP contribution in [0, 0.1) is 0 Å². The normalized spacial score (nSPS) is 9.47. The molecule has 0 heterocycles. The van der Waals surface area contributed by atoms with Gasteiger partial charge in [0.25, 0.3) is 5.95 Å². The summed E-state index contributed by atoms with van der Waals surface area (Å²) >= 11 is 0. The van der Waals surface area contributed by atoms with Crippen LogP contribution >= 0.6 is 0 Å². The molecule has 4 heteroatoms. The van der Waals surface area contributed by atoms with Crippen LogP contribution < -0.4 is 0 Å². The summed E-state index contributed by atoms with van der Waals surface area (Å²) < 4.78 is 9.48. The van der Waals surface area contributed by atoms with Crippen molar-refractivity contribution in [2.45, 2.75) is 19.8 Å². The lowest BCUT2D eigenvalue weighted by Gasteiger charge is -2.07. The molecular formula is C13H14O4. The smallest absolute Gasteiger partial charge is 0.345 e. The monoisotopic (exact) mass is 234 g/mol. The maximum Gasteiger partial charge on any atom is 0.345 e. The zero-order valence-electron chi connectivity index (χ0n) is 9.64. The second-order valence-electron chi connectivity index (χ2n) is 3.35. The lowest BCUT2D eigenvalue weighted by atomic mass is 10.2. The van der Waals surface area contributed by atoms with E-state index in [1.807, 2.05) is 6.92 Å². The van der Waals surface area contributed by atoms with Crippen molar-refractivity contribution in [3.63, 3.8) is 0 Å². The zero-order valence-corrected chi connectivity index (χ0v) is 9.64. The van der Waals surface area contributed by atoms with Gasteiger partial charge in [0.05, 0.1) is 5.56 Å². The van der Waals surface area contributed by atoms with Gasteiger partial charge in [-0.25, -0.2) is 4.79 Å². The fourth-order valence-electron chi connectivity index (χ4n) is 1.14. The van der Waals surface area contributed by atoms with E-state index in [0.717, 1.165) is 0 Å². The second-order valence-corrected chi connectivity index (χ2v) is 3.35. The fraction of sp³-hybridized carbons (Fsp3) is 0.231. The van der Waals surface area contributed by atoms with E-state index in [1.165, 1.54) is 0 Å². The largest absolute Gasteiger partial charge is 0.393 e. The topological polar surface area (TPSA) is 52.6 Å². The number of carbonyl (C=O) groups excluding carboxylic acids is 2. The van der Waals surface area contributed by atoms with Crippen molar-refractivity contribution < 1.29 is 19.1 Å². The molecule has 0 aliphatic rings. The molecule has 0 radical (unpaired) electrons. The zero-order chi connectivity index (χ0) is 12.7. The maximum atomic E-state index is 11.5. The predicted octanol–water partition coefficient (Wildman–Crippen LogP) is 2.66. The molecule has 17 heavy (non-hydrogen) atoms.